The number of carboxylic acid groups (broad SMARTS) is 1. The van der Waals surface area contributed by atoms with Gasteiger partial charge in [-0.25, -0.2) is 4.79 Å². The van der Waals surface area contributed by atoms with Crippen molar-refractivity contribution in [1.82, 2.24) is 15.1 Å². The van der Waals surface area contributed by atoms with E-state index in [0.717, 1.165) is 13.0 Å². The minimum absolute atomic E-state index is 0.00238. The second kappa shape index (κ2) is 6.42. The first kappa shape index (κ1) is 17.9. The first-order valence-corrected chi connectivity index (χ1v) is 8.69. The first-order valence-electron chi connectivity index (χ1n) is 8.69. The number of β-lactam (4-membered cyclic amide) rings is 1. The fourth-order valence-electron chi connectivity index (χ4n) is 4.49. The maximum Gasteiger partial charge on any atom is 0.352 e. The Morgan fingerprint density at radius 1 is 1.40 bits per heavy atom. The average Bonchev–Trinajstić information content (AvgIpc) is 3.10. The van der Waals surface area contributed by atoms with E-state index in [1.807, 2.05) is 6.92 Å². The quantitative estimate of drug-likeness (QED) is 0.562. The minimum atomic E-state index is -1.11. The molecular formula is C17H25N3O5. The molecule has 3 aliphatic heterocycles. The summed E-state index contributed by atoms with van der Waals surface area (Å²) < 4.78 is 0. The molecule has 5 atom stereocenters. The van der Waals surface area contributed by atoms with Crippen molar-refractivity contribution in [2.45, 2.75) is 32.4 Å². The highest BCUT2D eigenvalue weighted by Crippen LogP contribution is 2.47. The Morgan fingerprint density at radius 2 is 2.08 bits per heavy atom. The van der Waals surface area contributed by atoms with E-state index in [2.05, 4.69) is 10.2 Å². The van der Waals surface area contributed by atoms with Crippen molar-refractivity contribution in [1.29, 1.82) is 0 Å². The molecule has 2 amide bonds. The SMILES string of the molecule is CNC(=O)[C@H]1CCN(CC2=C(C(=O)O)N3C(=O)C([C@@H](C)O)C3[C@H]2C)C1. The number of hydrogen-bond donors (Lipinski definition) is 3. The third-order valence-corrected chi connectivity index (χ3v) is 5.80. The van der Waals surface area contributed by atoms with E-state index in [1.165, 1.54) is 4.90 Å². The van der Waals surface area contributed by atoms with Gasteiger partial charge in [0, 0.05) is 26.1 Å². The Kier molecular flexibility index (Phi) is 4.59. The molecule has 3 aliphatic rings. The summed E-state index contributed by atoms with van der Waals surface area (Å²) in [5.41, 5.74) is 0.773. The van der Waals surface area contributed by atoms with E-state index < -0.39 is 18.0 Å². The van der Waals surface area contributed by atoms with Crippen LogP contribution in [0.2, 0.25) is 0 Å². The third-order valence-electron chi connectivity index (χ3n) is 5.80. The maximum atomic E-state index is 12.3. The van der Waals surface area contributed by atoms with Gasteiger partial charge < -0.3 is 20.4 Å². The van der Waals surface area contributed by atoms with Crippen LogP contribution in [0.3, 0.4) is 0 Å². The Hall–Kier alpha value is -1.93. The maximum absolute atomic E-state index is 12.3. The summed E-state index contributed by atoms with van der Waals surface area (Å²) in [4.78, 5) is 39.3. The van der Waals surface area contributed by atoms with Crippen molar-refractivity contribution in [2.75, 3.05) is 26.7 Å². The first-order chi connectivity index (χ1) is 11.8. The van der Waals surface area contributed by atoms with Crippen LogP contribution in [0.5, 0.6) is 0 Å². The minimum Gasteiger partial charge on any atom is -0.477 e. The number of aliphatic hydroxyl groups excluding tert-OH is 1. The molecule has 3 N–H and O–H groups in total. The Bertz CT molecular complexity index is 644. The van der Waals surface area contributed by atoms with Crippen molar-refractivity contribution in [3.8, 4) is 0 Å². The summed E-state index contributed by atoms with van der Waals surface area (Å²) in [6.45, 7) is 5.22. The molecule has 3 heterocycles. The number of carboxylic acids is 1. The molecule has 0 spiro atoms. The Labute approximate surface area is 146 Å². The number of fused-ring (bicyclic) bond motifs is 1. The number of nitrogens with zero attached hydrogens (tertiary/aromatic N) is 2. The van der Waals surface area contributed by atoms with Crippen molar-refractivity contribution >= 4 is 17.8 Å². The van der Waals surface area contributed by atoms with Gasteiger partial charge in [0.2, 0.25) is 11.8 Å². The van der Waals surface area contributed by atoms with Gasteiger partial charge in [0.05, 0.1) is 24.0 Å². The van der Waals surface area contributed by atoms with Crippen molar-refractivity contribution < 1.29 is 24.6 Å². The van der Waals surface area contributed by atoms with Gasteiger partial charge in [-0.3, -0.25) is 14.5 Å². The molecule has 3 rings (SSSR count). The highest BCUT2D eigenvalue weighted by Gasteiger charge is 2.59. The number of carbonyl (C=O) groups excluding carboxylic acids is 2. The summed E-state index contributed by atoms with van der Waals surface area (Å²) in [5, 5.41) is 22.1. The van der Waals surface area contributed by atoms with Gasteiger partial charge in [-0.05, 0) is 25.5 Å². The molecule has 0 radical (unpaired) electrons. The summed E-state index contributed by atoms with van der Waals surface area (Å²) in [5.74, 6) is -2.17. The zero-order chi connectivity index (χ0) is 18.5. The second-order valence-corrected chi connectivity index (χ2v) is 7.27. The van der Waals surface area contributed by atoms with Crippen molar-refractivity contribution in [3.05, 3.63) is 11.3 Å². The van der Waals surface area contributed by atoms with Gasteiger partial charge in [0.1, 0.15) is 5.70 Å². The standard InChI is InChI=1S/C17H25N3O5/c1-8-11(7-19-5-4-10(6-19)15(22)18-3)14(17(24)25)20-13(8)12(9(2)21)16(20)23/h8-10,12-13,21H,4-7H2,1-3H3,(H,18,22)(H,24,25)/t8-,9+,10-,12?,13?/m0/s1. The van der Waals surface area contributed by atoms with Crippen LogP contribution < -0.4 is 5.32 Å². The number of likely N-dealkylation sites (tertiary alicyclic amines) is 1. The molecule has 2 fully saturated rings. The van der Waals surface area contributed by atoms with Crippen LogP contribution in [0.25, 0.3) is 0 Å². The highest BCUT2D eigenvalue weighted by atomic mass is 16.4. The Morgan fingerprint density at radius 3 is 2.64 bits per heavy atom. The fraction of sp³-hybridized carbons (Fsp3) is 0.706. The van der Waals surface area contributed by atoms with E-state index in [1.54, 1.807) is 14.0 Å². The van der Waals surface area contributed by atoms with Gasteiger partial charge in [-0.2, -0.15) is 0 Å². The van der Waals surface area contributed by atoms with Crippen LogP contribution in [-0.4, -0.2) is 76.6 Å². The van der Waals surface area contributed by atoms with Gasteiger partial charge in [-0.1, -0.05) is 6.92 Å². The lowest BCUT2D eigenvalue weighted by Gasteiger charge is -2.46. The van der Waals surface area contributed by atoms with Crippen LogP contribution >= 0.6 is 0 Å². The third kappa shape index (κ3) is 2.73. The normalized spacial score (nSPS) is 33.3. The summed E-state index contributed by atoms with van der Waals surface area (Å²) in [6, 6.07) is -0.286. The van der Waals surface area contributed by atoms with Crippen molar-refractivity contribution in [2.24, 2.45) is 17.8 Å². The van der Waals surface area contributed by atoms with Crippen molar-refractivity contribution in [3.63, 3.8) is 0 Å². The lowest BCUT2D eigenvalue weighted by molar-refractivity contribution is -0.163. The lowest BCUT2D eigenvalue weighted by Crippen LogP contribution is -2.63. The molecule has 25 heavy (non-hydrogen) atoms. The molecule has 0 aromatic carbocycles. The lowest BCUT2D eigenvalue weighted by atomic mass is 9.77. The van der Waals surface area contributed by atoms with Crippen LogP contribution in [0, 0.1) is 17.8 Å². The molecule has 2 unspecified atom stereocenters. The van der Waals surface area contributed by atoms with Crippen LogP contribution in [0.15, 0.2) is 11.3 Å². The molecule has 2 saturated heterocycles. The predicted molar refractivity (Wildman–Crippen MR) is 88.2 cm³/mol. The number of carbonyl (C=O) groups is 3. The fourth-order valence-corrected chi connectivity index (χ4v) is 4.49. The summed E-state index contributed by atoms with van der Waals surface area (Å²) in [7, 11) is 1.61. The number of amides is 2. The molecule has 0 aliphatic carbocycles. The number of rotatable bonds is 5. The van der Waals surface area contributed by atoms with Crippen LogP contribution in [-0.2, 0) is 14.4 Å². The average molecular weight is 351 g/mol. The van der Waals surface area contributed by atoms with Crippen LogP contribution in [0.4, 0.5) is 0 Å². The van der Waals surface area contributed by atoms with E-state index in [9.17, 15) is 24.6 Å². The zero-order valence-electron chi connectivity index (χ0n) is 14.7. The van der Waals surface area contributed by atoms with E-state index >= 15 is 0 Å². The molecule has 0 aromatic heterocycles. The topological polar surface area (TPSA) is 110 Å². The van der Waals surface area contributed by atoms with Gasteiger partial charge in [0.15, 0.2) is 0 Å². The number of nitrogens with one attached hydrogen (secondary N) is 1. The molecule has 0 bridgehead atoms. The second-order valence-electron chi connectivity index (χ2n) is 7.27. The van der Waals surface area contributed by atoms with E-state index in [4.69, 9.17) is 0 Å². The summed E-state index contributed by atoms with van der Waals surface area (Å²) >= 11 is 0. The zero-order valence-corrected chi connectivity index (χ0v) is 14.7. The number of aliphatic hydroxyl groups is 1. The largest absolute Gasteiger partial charge is 0.477 e. The summed E-state index contributed by atoms with van der Waals surface area (Å²) in [6.07, 6.45) is -0.0541. The smallest absolute Gasteiger partial charge is 0.352 e. The van der Waals surface area contributed by atoms with Gasteiger partial charge in [-0.15, -0.1) is 0 Å². The number of hydrogen-bond acceptors (Lipinski definition) is 5. The van der Waals surface area contributed by atoms with Gasteiger partial charge >= 0.3 is 5.97 Å². The predicted octanol–water partition coefficient (Wildman–Crippen LogP) is -0.749. The molecule has 0 aromatic rings. The molecule has 138 valence electrons. The van der Waals surface area contributed by atoms with Crippen LogP contribution in [0.1, 0.15) is 20.3 Å². The molecule has 8 nitrogen and oxygen atoms in total. The number of aliphatic carboxylic acids is 1. The molecule has 8 heteroatoms. The molecule has 0 saturated carbocycles. The Balaban J connectivity index is 1.80. The van der Waals surface area contributed by atoms with E-state index in [-0.39, 0.29) is 35.4 Å². The highest BCUT2D eigenvalue weighted by molar-refractivity contribution is 6.00. The van der Waals surface area contributed by atoms with E-state index in [0.29, 0.717) is 18.7 Å². The van der Waals surface area contributed by atoms with Gasteiger partial charge in [0.25, 0.3) is 0 Å². The molecular weight excluding hydrogens is 326 g/mol. The monoisotopic (exact) mass is 351 g/mol.